The summed E-state index contributed by atoms with van der Waals surface area (Å²) >= 11 is 1.78. The Hall–Kier alpha value is -0.550. The molecule has 4 heteroatoms. The normalized spacial score (nSPS) is 21.1. The van der Waals surface area contributed by atoms with Crippen LogP contribution in [-0.4, -0.2) is 55.3 Å². The average molecular weight is 308 g/mol. The van der Waals surface area contributed by atoms with Crippen LogP contribution in [0.3, 0.4) is 0 Å². The van der Waals surface area contributed by atoms with Crippen molar-refractivity contribution in [2.75, 3.05) is 39.5 Å². The Kier molecular flexibility index (Phi) is 6.55. The van der Waals surface area contributed by atoms with Gasteiger partial charge in [0.1, 0.15) is 0 Å². The number of thioether (sulfide) groups is 1. The quantitative estimate of drug-likeness (QED) is 0.785. The molecule has 0 aliphatic carbocycles. The van der Waals surface area contributed by atoms with Crippen LogP contribution in [0.1, 0.15) is 31.4 Å². The summed E-state index contributed by atoms with van der Waals surface area (Å²) in [4.78, 5) is 6.35. The second kappa shape index (κ2) is 8.18. The minimum Gasteiger partial charge on any atom is -0.329 e. The molecule has 0 saturated carbocycles. The molecule has 1 fully saturated rings. The summed E-state index contributed by atoms with van der Waals surface area (Å²) in [6.07, 6.45) is 4.77. The number of rotatable bonds is 7. The Balaban J connectivity index is 2.01. The lowest BCUT2D eigenvalue weighted by molar-refractivity contribution is 0.166. The smallest absolute Gasteiger partial charge is 0.0468 e. The molecule has 1 aromatic carbocycles. The fourth-order valence-electron chi connectivity index (χ4n) is 3.37. The first-order chi connectivity index (χ1) is 10.2. The number of likely N-dealkylation sites (tertiary alicyclic amines) is 1. The van der Waals surface area contributed by atoms with Crippen LogP contribution in [0.5, 0.6) is 0 Å². The molecule has 0 radical (unpaired) electrons. The zero-order valence-corrected chi connectivity index (χ0v) is 14.4. The van der Waals surface area contributed by atoms with Crippen LogP contribution >= 0.6 is 11.8 Å². The maximum absolute atomic E-state index is 6.06. The number of hydrogen-bond acceptors (Lipinski definition) is 4. The van der Waals surface area contributed by atoms with Crippen LogP contribution in [0.25, 0.3) is 0 Å². The van der Waals surface area contributed by atoms with Gasteiger partial charge in [0.05, 0.1) is 0 Å². The Morgan fingerprint density at radius 1 is 1.38 bits per heavy atom. The lowest BCUT2D eigenvalue weighted by Gasteiger charge is -2.33. The largest absolute Gasteiger partial charge is 0.329 e. The first-order valence-electron chi connectivity index (χ1n) is 7.97. The highest BCUT2D eigenvalue weighted by atomic mass is 32.2. The molecule has 0 spiro atoms. The van der Waals surface area contributed by atoms with E-state index in [4.69, 9.17) is 5.73 Å². The predicted octanol–water partition coefficient (Wildman–Crippen LogP) is 2.82. The standard InChI is InChI=1S/C17H29N3S/c1-4-20-11-5-6-15(20)13-19(2)17(12-18)14-7-9-16(21-3)10-8-14/h7-10,15,17H,4-6,11-13,18H2,1-3H3. The van der Waals surface area contributed by atoms with Crippen LogP contribution in [0, 0.1) is 0 Å². The van der Waals surface area contributed by atoms with Gasteiger partial charge in [-0.25, -0.2) is 0 Å². The van der Waals surface area contributed by atoms with E-state index in [1.165, 1.54) is 29.8 Å². The summed E-state index contributed by atoms with van der Waals surface area (Å²) in [7, 11) is 2.21. The van der Waals surface area contributed by atoms with Crippen molar-refractivity contribution in [1.82, 2.24) is 9.80 Å². The number of hydrogen-bond donors (Lipinski definition) is 1. The van der Waals surface area contributed by atoms with Crippen molar-refractivity contribution in [1.29, 1.82) is 0 Å². The van der Waals surface area contributed by atoms with Crippen molar-refractivity contribution in [3.63, 3.8) is 0 Å². The van der Waals surface area contributed by atoms with Gasteiger partial charge in [-0.05, 0) is 56.9 Å². The van der Waals surface area contributed by atoms with Crippen molar-refractivity contribution in [2.45, 2.75) is 36.7 Å². The SMILES string of the molecule is CCN1CCCC1CN(C)C(CN)c1ccc(SC)cc1. The number of nitrogens with two attached hydrogens (primary N) is 1. The molecule has 2 unspecified atom stereocenters. The molecule has 1 aliphatic rings. The summed E-state index contributed by atoms with van der Waals surface area (Å²) in [5, 5.41) is 0. The topological polar surface area (TPSA) is 32.5 Å². The van der Waals surface area contributed by atoms with Gasteiger partial charge in [-0.2, -0.15) is 0 Å². The van der Waals surface area contributed by atoms with E-state index < -0.39 is 0 Å². The molecule has 1 aromatic rings. The summed E-state index contributed by atoms with van der Waals surface area (Å²) in [5.74, 6) is 0. The minimum absolute atomic E-state index is 0.320. The number of benzene rings is 1. The molecule has 2 N–H and O–H groups in total. The van der Waals surface area contributed by atoms with E-state index in [-0.39, 0.29) is 0 Å². The van der Waals surface area contributed by atoms with Crippen molar-refractivity contribution in [2.24, 2.45) is 5.73 Å². The van der Waals surface area contributed by atoms with Crippen LogP contribution in [-0.2, 0) is 0 Å². The van der Waals surface area contributed by atoms with Gasteiger partial charge in [0.15, 0.2) is 0 Å². The third-order valence-electron chi connectivity index (χ3n) is 4.66. The summed E-state index contributed by atoms with van der Waals surface area (Å²) < 4.78 is 0. The van der Waals surface area contributed by atoms with Crippen molar-refractivity contribution in [3.8, 4) is 0 Å². The third-order valence-corrected chi connectivity index (χ3v) is 5.40. The maximum atomic E-state index is 6.06. The third kappa shape index (κ3) is 4.22. The molecule has 2 rings (SSSR count). The van der Waals surface area contributed by atoms with Gasteiger partial charge in [0, 0.05) is 30.1 Å². The monoisotopic (exact) mass is 307 g/mol. The van der Waals surface area contributed by atoms with Crippen molar-refractivity contribution in [3.05, 3.63) is 29.8 Å². The van der Waals surface area contributed by atoms with Crippen LogP contribution in [0.4, 0.5) is 0 Å². The van der Waals surface area contributed by atoms with Gasteiger partial charge in [-0.15, -0.1) is 11.8 Å². The molecule has 1 aliphatic heterocycles. The van der Waals surface area contributed by atoms with Gasteiger partial charge in [0.25, 0.3) is 0 Å². The molecule has 0 bridgehead atoms. The van der Waals surface area contributed by atoms with E-state index in [9.17, 15) is 0 Å². The van der Waals surface area contributed by atoms with Gasteiger partial charge >= 0.3 is 0 Å². The lowest BCUT2D eigenvalue weighted by atomic mass is 10.0. The Morgan fingerprint density at radius 2 is 2.10 bits per heavy atom. The van der Waals surface area contributed by atoms with E-state index in [2.05, 4.69) is 54.3 Å². The molecule has 118 valence electrons. The zero-order chi connectivity index (χ0) is 15.2. The predicted molar refractivity (Wildman–Crippen MR) is 92.9 cm³/mol. The molecular formula is C17H29N3S. The van der Waals surface area contributed by atoms with Gasteiger partial charge in [-0.1, -0.05) is 19.1 Å². The molecule has 21 heavy (non-hydrogen) atoms. The van der Waals surface area contributed by atoms with Gasteiger partial charge < -0.3 is 5.73 Å². The van der Waals surface area contributed by atoms with E-state index >= 15 is 0 Å². The zero-order valence-electron chi connectivity index (χ0n) is 13.6. The highest BCUT2D eigenvalue weighted by Crippen LogP contribution is 2.24. The maximum Gasteiger partial charge on any atom is 0.0468 e. The van der Waals surface area contributed by atoms with Gasteiger partial charge in [-0.3, -0.25) is 9.80 Å². The van der Waals surface area contributed by atoms with Crippen molar-refractivity contribution < 1.29 is 0 Å². The fourth-order valence-corrected chi connectivity index (χ4v) is 3.78. The highest BCUT2D eigenvalue weighted by molar-refractivity contribution is 7.98. The Bertz CT molecular complexity index is 421. The summed E-state index contributed by atoms with van der Waals surface area (Å²) in [6.45, 7) is 6.47. The summed E-state index contributed by atoms with van der Waals surface area (Å²) in [6, 6.07) is 9.87. The van der Waals surface area contributed by atoms with Gasteiger partial charge in [0.2, 0.25) is 0 Å². The molecular weight excluding hydrogens is 278 g/mol. The van der Waals surface area contributed by atoms with Crippen molar-refractivity contribution >= 4 is 11.8 Å². The van der Waals surface area contributed by atoms with Crippen LogP contribution in [0.2, 0.25) is 0 Å². The first kappa shape index (κ1) is 16.8. The van der Waals surface area contributed by atoms with E-state index in [1.54, 1.807) is 11.8 Å². The molecule has 0 amide bonds. The Morgan fingerprint density at radius 3 is 2.67 bits per heavy atom. The first-order valence-corrected chi connectivity index (χ1v) is 9.20. The number of likely N-dealkylation sites (N-methyl/N-ethyl adjacent to an activating group) is 2. The molecule has 0 aromatic heterocycles. The average Bonchev–Trinajstić information content (AvgIpc) is 2.96. The molecule has 3 nitrogen and oxygen atoms in total. The molecule has 2 atom stereocenters. The van der Waals surface area contributed by atoms with Crippen LogP contribution < -0.4 is 5.73 Å². The molecule has 1 heterocycles. The second-order valence-electron chi connectivity index (χ2n) is 5.89. The van der Waals surface area contributed by atoms with E-state index in [0.717, 1.165) is 13.1 Å². The van der Waals surface area contributed by atoms with E-state index in [0.29, 0.717) is 18.6 Å². The second-order valence-corrected chi connectivity index (χ2v) is 6.77. The fraction of sp³-hybridized carbons (Fsp3) is 0.647. The lowest BCUT2D eigenvalue weighted by Crippen LogP contribution is -2.41. The Labute approximate surface area is 133 Å². The number of nitrogens with zero attached hydrogens (tertiary/aromatic N) is 2. The minimum atomic E-state index is 0.320. The molecule has 1 saturated heterocycles. The highest BCUT2D eigenvalue weighted by Gasteiger charge is 2.26. The van der Waals surface area contributed by atoms with E-state index in [1.807, 2.05) is 0 Å². The van der Waals surface area contributed by atoms with Crippen LogP contribution in [0.15, 0.2) is 29.2 Å². The summed E-state index contributed by atoms with van der Waals surface area (Å²) in [5.41, 5.74) is 7.39.